The normalized spacial score (nSPS) is 12.8. The highest BCUT2D eigenvalue weighted by atomic mass is 35.5. The van der Waals surface area contributed by atoms with Crippen LogP contribution in [-0.4, -0.2) is 35.6 Å². The molecule has 6 heteroatoms. The molecule has 0 radical (unpaired) electrons. The Morgan fingerprint density at radius 2 is 1.57 bits per heavy atom. The van der Waals surface area contributed by atoms with Crippen molar-refractivity contribution >= 4 is 23.5 Å². The number of alkyl halides is 1. The Kier molecular flexibility index (Phi) is 7.79. The molecule has 0 saturated heterocycles. The maximum atomic E-state index is 11.8. The van der Waals surface area contributed by atoms with Crippen LogP contribution in [0.3, 0.4) is 0 Å². The maximum Gasteiger partial charge on any atom is 0.333 e. The van der Waals surface area contributed by atoms with Gasteiger partial charge in [-0.1, -0.05) is 0 Å². The van der Waals surface area contributed by atoms with Crippen LogP contribution in [0.4, 0.5) is 0 Å². The first-order valence-electron chi connectivity index (χ1n) is 6.88. The maximum absolute atomic E-state index is 11.8. The molecular weight excluding hydrogens is 294 g/mol. The minimum Gasteiger partial charge on any atom is -0.460 e. The average Bonchev–Trinajstić information content (AvgIpc) is 2.20. The monoisotopic (exact) mass is 319 g/mol. The summed E-state index contributed by atoms with van der Waals surface area (Å²) in [5.41, 5.74) is -0.725. The van der Waals surface area contributed by atoms with Gasteiger partial charge in [-0.2, -0.15) is 0 Å². The summed E-state index contributed by atoms with van der Waals surface area (Å²) in [7, 11) is 0. The van der Waals surface area contributed by atoms with Gasteiger partial charge < -0.3 is 14.8 Å². The first-order chi connectivity index (χ1) is 9.43. The van der Waals surface area contributed by atoms with Crippen molar-refractivity contribution in [3.63, 3.8) is 0 Å². The van der Waals surface area contributed by atoms with Crippen LogP contribution < -0.4 is 5.32 Å². The van der Waals surface area contributed by atoms with Crippen molar-refractivity contribution in [2.45, 2.75) is 59.2 Å². The molecule has 0 aromatic heterocycles. The van der Waals surface area contributed by atoms with Gasteiger partial charge in [0.15, 0.2) is 0 Å². The van der Waals surface area contributed by atoms with Gasteiger partial charge in [-0.3, -0.25) is 4.79 Å². The zero-order chi connectivity index (χ0) is 16.7. The van der Waals surface area contributed by atoms with Crippen LogP contribution in [0.2, 0.25) is 0 Å². The van der Waals surface area contributed by atoms with Crippen LogP contribution in [0, 0.1) is 0 Å². The predicted molar refractivity (Wildman–Crippen MR) is 83.1 cm³/mol. The van der Waals surface area contributed by atoms with Gasteiger partial charge >= 0.3 is 11.9 Å². The molecule has 1 N–H and O–H groups in total. The van der Waals surface area contributed by atoms with E-state index in [1.807, 2.05) is 0 Å². The Morgan fingerprint density at radius 3 is 2.00 bits per heavy atom. The number of carbonyl (C=O) groups is 2. The molecule has 0 heterocycles. The van der Waals surface area contributed by atoms with Gasteiger partial charge in [0, 0.05) is 24.2 Å². The second kappa shape index (κ2) is 8.27. The van der Waals surface area contributed by atoms with Gasteiger partial charge in [0.25, 0.3) is 0 Å². The lowest BCUT2D eigenvalue weighted by atomic mass is 10.2. The Bertz CT molecular complexity index is 391. The fourth-order valence-corrected chi connectivity index (χ4v) is 1.47. The Balaban J connectivity index is 4.79. The predicted octanol–water partition coefficient (Wildman–Crippen LogP) is 2.77. The molecule has 0 spiro atoms. The van der Waals surface area contributed by atoms with Crippen LogP contribution in [0.25, 0.3) is 0 Å². The highest BCUT2D eigenvalue weighted by Crippen LogP contribution is 2.12. The molecule has 0 aliphatic rings. The zero-order valence-electron chi connectivity index (χ0n) is 13.7. The van der Waals surface area contributed by atoms with Gasteiger partial charge in [0.05, 0.1) is 6.42 Å². The van der Waals surface area contributed by atoms with E-state index >= 15 is 0 Å². The van der Waals surface area contributed by atoms with Crippen molar-refractivity contribution in [2.24, 2.45) is 0 Å². The van der Waals surface area contributed by atoms with Crippen molar-refractivity contribution in [3.05, 3.63) is 11.8 Å². The second-order valence-electron chi connectivity index (χ2n) is 6.58. The Hall–Kier alpha value is -1.23. The molecule has 0 aliphatic heterocycles. The number of carbonyl (C=O) groups excluding carboxylic acids is 2. The molecule has 0 unspecified atom stereocenters. The molecule has 0 rings (SSSR count). The second-order valence-corrected chi connectivity index (χ2v) is 6.96. The smallest absolute Gasteiger partial charge is 0.333 e. The lowest BCUT2D eigenvalue weighted by Gasteiger charge is -2.21. The van der Waals surface area contributed by atoms with Crippen LogP contribution in [0.15, 0.2) is 11.8 Å². The van der Waals surface area contributed by atoms with Crippen molar-refractivity contribution in [3.8, 4) is 0 Å². The molecule has 21 heavy (non-hydrogen) atoms. The van der Waals surface area contributed by atoms with E-state index in [1.165, 1.54) is 6.08 Å². The zero-order valence-corrected chi connectivity index (χ0v) is 14.5. The van der Waals surface area contributed by atoms with Gasteiger partial charge in [0.1, 0.15) is 11.2 Å². The summed E-state index contributed by atoms with van der Waals surface area (Å²) in [6, 6.07) is 0. The highest BCUT2D eigenvalue weighted by Gasteiger charge is 2.19. The Morgan fingerprint density at radius 1 is 1.05 bits per heavy atom. The summed E-state index contributed by atoms with van der Waals surface area (Å²) in [6.45, 7) is 11.1. The number of esters is 2. The van der Waals surface area contributed by atoms with E-state index in [0.717, 1.165) is 0 Å². The Labute approximate surface area is 132 Å². The molecule has 0 amide bonds. The van der Waals surface area contributed by atoms with Crippen LogP contribution in [0.1, 0.15) is 48.0 Å². The third kappa shape index (κ3) is 12.2. The molecule has 0 aliphatic carbocycles. The molecule has 0 aromatic carbocycles. The number of halogens is 1. The quantitative estimate of drug-likeness (QED) is 0.463. The molecule has 0 aromatic rings. The highest BCUT2D eigenvalue weighted by molar-refractivity contribution is 6.18. The largest absolute Gasteiger partial charge is 0.460 e. The van der Waals surface area contributed by atoms with Crippen LogP contribution in [0.5, 0.6) is 0 Å². The molecule has 0 saturated carbocycles. The van der Waals surface area contributed by atoms with Gasteiger partial charge in [-0.25, -0.2) is 4.79 Å². The SMILES string of the molecule is CC(C)(C)OC(=O)/C=C(/CC(=O)OC(C)(C)C)NCCCl. The van der Waals surface area contributed by atoms with E-state index in [2.05, 4.69) is 5.32 Å². The molecule has 5 nitrogen and oxygen atoms in total. The molecule has 0 atom stereocenters. The van der Waals surface area contributed by atoms with E-state index < -0.39 is 23.1 Å². The third-order valence-electron chi connectivity index (χ3n) is 1.90. The van der Waals surface area contributed by atoms with E-state index in [1.54, 1.807) is 41.5 Å². The van der Waals surface area contributed by atoms with Crippen molar-refractivity contribution in [1.82, 2.24) is 5.32 Å². The average molecular weight is 320 g/mol. The standard InChI is InChI=1S/C15H26ClNO4/c1-14(2,3)20-12(18)9-11(17-8-7-16)10-13(19)21-15(4,5)6/h9,17H,7-8,10H2,1-6H3/b11-9-. The summed E-state index contributed by atoms with van der Waals surface area (Å²) in [5.74, 6) is -0.567. The third-order valence-corrected chi connectivity index (χ3v) is 2.09. The fourth-order valence-electron chi connectivity index (χ4n) is 1.38. The number of hydrogen-bond acceptors (Lipinski definition) is 5. The summed E-state index contributed by atoms with van der Waals surface area (Å²) < 4.78 is 10.4. The minimum absolute atomic E-state index is 0.0343. The van der Waals surface area contributed by atoms with E-state index in [0.29, 0.717) is 18.1 Å². The number of rotatable bonds is 6. The lowest BCUT2D eigenvalue weighted by molar-refractivity contribution is -0.154. The molecular formula is C15H26ClNO4. The summed E-state index contributed by atoms with van der Waals surface area (Å²) >= 11 is 5.61. The number of nitrogens with one attached hydrogen (secondary N) is 1. The number of hydrogen-bond donors (Lipinski definition) is 1. The van der Waals surface area contributed by atoms with Gasteiger partial charge in [-0.15, -0.1) is 11.6 Å². The number of ether oxygens (including phenoxy) is 2. The van der Waals surface area contributed by atoms with Gasteiger partial charge in [0.2, 0.25) is 0 Å². The van der Waals surface area contributed by atoms with Crippen molar-refractivity contribution in [2.75, 3.05) is 12.4 Å². The van der Waals surface area contributed by atoms with Crippen molar-refractivity contribution < 1.29 is 19.1 Å². The van der Waals surface area contributed by atoms with Gasteiger partial charge in [-0.05, 0) is 41.5 Å². The fraction of sp³-hybridized carbons (Fsp3) is 0.733. The first kappa shape index (κ1) is 19.8. The topological polar surface area (TPSA) is 64.6 Å². The minimum atomic E-state index is -0.586. The molecule has 0 fully saturated rings. The first-order valence-corrected chi connectivity index (χ1v) is 7.41. The van der Waals surface area contributed by atoms with Crippen LogP contribution in [-0.2, 0) is 19.1 Å². The summed E-state index contributed by atoms with van der Waals surface area (Å²) in [6.07, 6.45) is 1.23. The summed E-state index contributed by atoms with van der Waals surface area (Å²) in [4.78, 5) is 23.6. The van der Waals surface area contributed by atoms with E-state index in [-0.39, 0.29) is 6.42 Å². The summed E-state index contributed by atoms with van der Waals surface area (Å²) in [5, 5.41) is 2.93. The van der Waals surface area contributed by atoms with E-state index in [9.17, 15) is 9.59 Å². The molecule has 122 valence electrons. The van der Waals surface area contributed by atoms with Crippen LogP contribution >= 0.6 is 11.6 Å². The van der Waals surface area contributed by atoms with E-state index in [4.69, 9.17) is 21.1 Å². The lowest BCUT2D eigenvalue weighted by Crippen LogP contribution is -2.28. The van der Waals surface area contributed by atoms with Crippen molar-refractivity contribution in [1.29, 1.82) is 0 Å². The molecule has 0 bridgehead atoms.